The van der Waals surface area contributed by atoms with E-state index in [0.29, 0.717) is 0 Å². The van der Waals surface area contributed by atoms with Crippen LogP contribution in [0.15, 0.2) is 115 Å². The van der Waals surface area contributed by atoms with E-state index in [1.807, 2.05) is 0 Å². The predicted molar refractivity (Wildman–Crippen MR) is 141 cm³/mol. The summed E-state index contributed by atoms with van der Waals surface area (Å²) in [5.41, 5.74) is 9.04. The largest absolute Gasteiger partial charge is 0.343 e. The first kappa shape index (κ1) is 21.0. The van der Waals surface area contributed by atoms with E-state index in [1.165, 1.54) is 44.3 Å². The summed E-state index contributed by atoms with van der Waals surface area (Å²) in [5, 5.41) is 1.31. The van der Waals surface area contributed by atoms with Crippen LogP contribution in [0.2, 0.25) is 0 Å². The van der Waals surface area contributed by atoms with E-state index >= 15 is 0 Å². The first-order valence-electron chi connectivity index (χ1n) is 11.6. The topological polar surface area (TPSA) is 4.93 Å². The zero-order valence-corrected chi connectivity index (χ0v) is 19.3. The van der Waals surface area contributed by atoms with Crippen LogP contribution in [-0.2, 0) is 6.54 Å². The highest BCUT2D eigenvalue weighted by Crippen LogP contribution is 2.34. The van der Waals surface area contributed by atoms with E-state index in [2.05, 4.69) is 140 Å². The Morgan fingerprint density at radius 1 is 0.697 bits per heavy atom. The molecule has 1 unspecified atom stereocenters. The molecule has 0 saturated heterocycles. The molecule has 0 fully saturated rings. The smallest absolute Gasteiger partial charge is 0.0486 e. The van der Waals surface area contributed by atoms with Crippen molar-refractivity contribution >= 4 is 17.0 Å². The van der Waals surface area contributed by atoms with Crippen molar-refractivity contribution in [2.24, 2.45) is 0 Å². The highest BCUT2D eigenvalue weighted by Gasteiger charge is 2.18. The van der Waals surface area contributed by atoms with Gasteiger partial charge >= 0.3 is 0 Å². The molecule has 5 rings (SSSR count). The molecule has 0 amide bonds. The van der Waals surface area contributed by atoms with Crippen LogP contribution in [0.3, 0.4) is 0 Å². The van der Waals surface area contributed by atoms with Gasteiger partial charge in [-0.1, -0.05) is 120 Å². The number of hydrogen-bond donors (Lipinski definition) is 0. The Hall–Kier alpha value is -3.84. The maximum Gasteiger partial charge on any atom is 0.0486 e. The molecule has 0 aliphatic carbocycles. The number of aromatic nitrogens is 1. The van der Waals surface area contributed by atoms with Crippen molar-refractivity contribution in [2.75, 3.05) is 0 Å². The lowest BCUT2D eigenvalue weighted by molar-refractivity contribution is 0.828. The van der Waals surface area contributed by atoms with Crippen LogP contribution < -0.4 is 0 Å². The van der Waals surface area contributed by atoms with Crippen molar-refractivity contribution < 1.29 is 0 Å². The van der Waals surface area contributed by atoms with Crippen molar-refractivity contribution in [1.29, 1.82) is 0 Å². The van der Waals surface area contributed by atoms with Gasteiger partial charge in [0.05, 0.1) is 0 Å². The lowest BCUT2D eigenvalue weighted by Crippen LogP contribution is -1.99. The first-order chi connectivity index (χ1) is 16.2. The molecule has 5 aromatic rings. The second-order valence-corrected chi connectivity index (χ2v) is 8.87. The number of nitrogens with zero attached hydrogens (tertiary/aromatic N) is 1. The van der Waals surface area contributed by atoms with Gasteiger partial charge in [-0.05, 0) is 42.2 Å². The van der Waals surface area contributed by atoms with Crippen LogP contribution in [0.1, 0.15) is 39.3 Å². The molecule has 1 heterocycles. The number of benzene rings is 4. The molecule has 0 bridgehead atoms. The molecular formula is C32H29N. The fraction of sp³-hybridized carbons (Fsp3) is 0.125. The van der Waals surface area contributed by atoms with Gasteiger partial charge in [0.15, 0.2) is 0 Å². The van der Waals surface area contributed by atoms with Crippen molar-refractivity contribution in [3.8, 4) is 0 Å². The predicted octanol–water partition coefficient (Wildman–Crippen LogP) is 8.15. The van der Waals surface area contributed by atoms with Crippen molar-refractivity contribution in [2.45, 2.75) is 26.3 Å². The standard InChI is InChI=1S/C32H29N/c1-24-12-16-26(17-13-24)18-21-29(28-19-14-25(2)15-20-28)31-23-33(22-27-8-4-3-5-9-27)32-11-7-6-10-30(31)32/h3-21,23,29H,22H2,1-2H3/b21-18+. The van der Waals surface area contributed by atoms with Gasteiger partial charge in [-0.25, -0.2) is 0 Å². The fourth-order valence-electron chi connectivity index (χ4n) is 4.49. The summed E-state index contributed by atoms with van der Waals surface area (Å²) in [4.78, 5) is 0. The monoisotopic (exact) mass is 427 g/mol. The summed E-state index contributed by atoms with van der Waals surface area (Å²) < 4.78 is 2.39. The first-order valence-corrected chi connectivity index (χ1v) is 11.6. The quantitative estimate of drug-likeness (QED) is 0.258. The summed E-state index contributed by atoms with van der Waals surface area (Å²) in [6.45, 7) is 5.14. The van der Waals surface area contributed by atoms with E-state index in [-0.39, 0.29) is 5.92 Å². The van der Waals surface area contributed by atoms with Gasteiger partial charge in [0, 0.05) is 29.6 Å². The average Bonchev–Trinajstić information content (AvgIpc) is 3.20. The van der Waals surface area contributed by atoms with Crippen LogP contribution in [0, 0.1) is 13.8 Å². The van der Waals surface area contributed by atoms with Crippen molar-refractivity contribution in [3.63, 3.8) is 0 Å². The van der Waals surface area contributed by atoms with Crippen molar-refractivity contribution in [1.82, 2.24) is 4.57 Å². The molecule has 0 aliphatic heterocycles. The molecule has 1 atom stereocenters. The van der Waals surface area contributed by atoms with Crippen LogP contribution in [0.25, 0.3) is 17.0 Å². The van der Waals surface area contributed by atoms with Crippen LogP contribution >= 0.6 is 0 Å². The van der Waals surface area contributed by atoms with Crippen LogP contribution in [0.4, 0.5) is 0 Å². The Kier molecular flexibility index (Phi) is 5.95. The second-order valence-electron chi connectivity index (χ2n) is 8.87. The fourth-order valence-corrected chi connectivity index (χ4v) is 4.49. The van der Waals surface area contributed by atoms with E-state index < -0.39 is 0 Å². The third-order valence-electron chi connectivity index (χ3n) is 6.35. The Bertz CT molecular complexity index is 1370. The van der Waals surface area contributed by atoms with Crippen LogP contribution in [-0.4, -0.2) is 4.57 Å². The number of para-hydroxylation sites is 1. The van der Waals surface area contributed by atoms with Gasteiger partial charge in [-0.3, -0.25) is 0 Å². The highest BCUT2D eigenvalue weighted by atomic mass is 15.0. The van der Waals surface area contributed by atoms with Gasteiger partial charge < -0.3 is 4.57 Å². The number of rotatable bonds is 6. The minimum atomic E-state index is 0.175. The second kappa shape index (κ2) is 9.34. The lowest BCUT2D eigenvalue weighted by Gasteiger charge is -2.14. The summed E-state index contributed by atoms with van der Waals surface area (Å²) in [6, 6.07) is 37.2. The molecular weight excluding hydrogens is 398 g/mol. The maximum atomic E-state index is 2.39. The Morgan fingerprint density at radius 2 is 1.33 bits per heavy atom. The normalized spacial score (nSPS) is 12.4. The summed E-state index contributed by atoms with van der Waals surface area (Å²) >= 11 is 0. The molecule has 0 N–H and O–H groups in total. The molecule has 1 heteroatoms. The SMILES string of the molecule is Cc1ccc(/C=C/C(c2ccc(C)cc2)c2cn(Cc3ccccc3)c3ccccc23)cc1. The molecule has 0 saturated carbocycles. The van der Waals surface area contributed by atoms with Gasteiger partial charge in [0.25, 0.3) is 0 Å². The zero-order chi connectivity index (χ0) is 22.6. The minimum absolute atomic E-state index is 0.175. The summed E-state index contributed by atoms with van der Waals surface area (Å²) in [5.74, 6) is 0.175. The third-order valence-corrected chi connectivity index (χ3v) is 6.35. The maximum absolute atomic E-state index is 2.39. The van der Waals surface area contributed by atoms with Gasteiger partial charge in [-0.2, -0.15) is 0 Å². The number of allylic oxidation sites excluding steroid dienone is 1. The Morgan fingerprint density at radius 3 is 2.06 bits per heavy atom. The van der Waals surface area contributed by atoms with Gasteiger partial charge in [0.2, 0.25) is 0 Å². The molecule has 1 nitrogen and oxygen atoms in total. The molecule has 4 aromatic carbocycles. The molecule has 0 aliphatic rings. The number of hydrogen-bond acceptors (Lipinski definition) is 0. The van der Waals surface area contributed by atoms with E-state index in [0.717, 1.165) is 6.54 Å². The summed E-state index contributed by atoms with van der Waals surface area (Å²) in [7, 11) is 0. The molecule has 162 valence electrons. The van der Waals surface area contributed by atoms with E-state index in [1.54, 1.807) is 0 Å². The number of fused-ring (bicyclic) bond motifs is 1. The Labute approximate surface area is 196 Å². The van der Waals surface area contributed by atoms with Gasteiger partial charge in [0.1, 0.15) is 0 Å². The minimum Gasteiger partial charge on any atom is -0.343 e. The third kappa shape index (κ3) is 4.68. The highest BCUT2D eigenvalue weighted by molar-refractivity contribution is 5.85. The van der Waals surface area contributed by atoms with Crippen molar-refractivity contribution in [3.05, 3.63) is 149 Å². The molecule has 1 aromatic heterocycles. The van der Waals surface area contributed by atoms with Gasteiger partial charge in [-0.15, -0.1) is 0 Å². The van der Waals surface area contributed by atoms with Crippen LogP contribution in [0.5, 0.6) is 0 Å². The number of aryl methyl sites for hydroxylation is 2. The summed E-state index contributed by atoms with van der Waals surface area (Å²) in [6.07, 6.45) is 6.96. The molecule has 33 heavy (non-hydrogen) atoms. The molecule has 0 spiro atoms. The lowest BCUT2D eigenvalue weighted by atomic mass is 9.89. The van der Waals surface area contributed by atoms with E-state index in [9.17, 15) is 0 Å². The van der Waals surface area contributed by atoms with E-state index in [4.69, 9.17) is 0 Å². The average molecular weight is 428 g/mol. The molecule has 0 radical (unpaired) electrons. The zero-order valence-electron chi connectivity index (χ0n) is 19.3. The Balaban J connectivity index is 1.61.